The van der Waals surface area contributed by atoms with Gasteiger partial charge in [0.25, 0.3) is 5.91 Å². The van der Waals surface area contributed by atoms with Crippen LogP contribution in [-0.2, 0) is 17.6 Å². The van der Waals surface area contributed by atoms with Gasteiger partial charge in [-0.15, -0.1) is 0 Å². The summed E-state index contributed by atoms with van der Waals surface area (Å²) in [5.41, 5.74) is 6.16. The van der Waals surface area contributed by atoms with Crippen molar-refractivity contribution in [1.29, 1.82) is 0 Å². The average molecular weight is 413 g/mol. The molecule has 5 rings (SSSR count). The molecular weight excluding hydrogens is 384 g/mol. The third kappa shape index (κ3) is 3.78. The summed E-state index contributed by atoms with van der Waals surface area (Å²) in [6, 6.07) is 18.3. The van der Waals surface area contributed by atoms with Gasteiger partial charge in [0.15, 0.2) is 0 Å². The van der Waals surface area contributed by atoms with Gasteiger partial charge in [-0.1, -0.05) is 49.7 Å². The highest BCUT2D eigenvalue weighted by atomic mass is 16.3. The van der Waals surface area contributed by atoms with Crippen LogP contribution in [0.5, 0.6) is 0 Å². The van der Waals surface area contributed by atoms with Crippen molar-refractivity contribution in [3.05, 3.63) is 82.8 Å². The molecule has 158 valence electrons. The summed E-state index contributed by atoms with van der Waals surface area (Å²) in [7, 11) is 0. The first kappa shape index (κ1) is 19.7. The third-order valence-electron chi connectivity index (χ3n) is 6.27. The largest absolute Gasteiger partial charge is 0.461 e. The molecule has 0 saturated carbocycles. The predicted molar refractivity (Wildman–Crippen MR) is 126 cm³/mol. The molecule has 2 N–H and O–H groups in total. The molecule has 31 heavy (non-hydrogen) atoms. The Morgan fingerprint density at radius 2 is 1.84 bits per heavy atom. The van der Waals surface area contributed by atoms with Crippen molar-refractivity contribution in [2.45, 2.75) is 51.5 Å². The number of amides is 1. The van der Waals surface area contributed by atoms with Crippen molar-refractivity contribution < 1.29 is 9.21 Å². The summed E-state index contributed by atoms with van der Waals surface area (Å²) >= 11 is 0. The Kier molecular flexibility index (Phi) is 5.37. The monoisotopic (exact) mass is 412 g/mol. The van der Waals surface area contributed by atoms with Crippen molar-refractivity contribution in [1.82, 2.24) is 0 Å². The number of carbonyl (C=O) groups is 1. The molecule has 3 aromatic rings. The maximum atomic E-state index is 12.7. The molecule has 2 heterocycles. The number of nitrogens with one attached hydrogen (secondary N) is 2. The van der Waals surface area contributed by atoms with Gasteiger partial charge in [0.1, 0.15) is 11.5 Å². The Morgan fingerprint density at radius 1 is 1.06 bits per heavy atom. The number of furan rings is 1. The number of hydrogen-bond acceptors (Lipinski definition) is 3. The van der Waals surface area contributed by atoms with E-state index in [4.69, 9.17) is 4.42 Å². The van der Waals surface area contributed by atoms with Crippen LogP contribution in [0.1, 0.15) is 66.9 Å². The summed E-state index contributed by atoms with van der Waals surface area (Å²) in [4.78, 5) is 12.7. The summed E-state index contributed by atoms with van der Waals surface area (Å²) < 4.78 is 6.43. The molecule has 4 nitrogen and oxygen atoms in total. The molecule has 0 spiro atoms. The predicted octanol–water partition coefficient (Wildman–Crippen LogP) is 6.60. The van der Waals surface area contributed by atoms with Gasteiger partial charge in [0.05, 0.1) is 11.6 Å². The first-order valence-corrected chi connectivity index (χ1v) is 11.3. The van der Waals surface area contributed by atoms with Gasteiger partial charge in [-0.25, -0.2) is 0 Å². The normalized spacial score (nSPS) is 17.2. The molecule has 0 saturated heterocycles. The van der Waals surface area contributed by atoms with Gasteiger partial charge in [0, 0.05) is 28.9 Å². The molecule has 4 heteroatoms. The van der Waals surface area contributed by atoms with E-state index in [9.17, 15) is 4.79 Å². The lowest BCUT2D eigenvalue weighted by molar-refractivity contribution is -0.110. The van der Waals surface area contributed by atoms with Crippen LogP contribution in [0.25, 0.3) is 11.6 Å². The Balaban J connectivity index is 1.61. The number of anilines is 2. The summed E-state index contributed by atoms with van der Waals surface area (Å²) in [6.07, 6.45) is 8.37. The van der Waals surface area contributed by atoms with Crippen molar-refractivity contribution in [3.8, 4) is 0 Å². The van der Waals surface area contributed by atoms with Crippen LogP contribution >= 0.6 is 0 Å². The minimum absolute atomic E-state index is 0.0652. The summed E-state index contributed by atoms with van der Waals surface area (Å²) in [6.45, 7) is 2.21. The van der Waals surface area contributed by atoms with E-state index in [1.165, 1.54) is 17.5 Å². The summed E-state index contributed by atoms with van der Waals surface area (Å²) in [5.74, 6) is 1.86. The lowest BCUT2D eigenvalue weighted by atomic mass is 9.89. The highest BCUT2D eigenvalue weighted by Gasteiger charge is 2.30. The molecule has 2 aliphatic rings. The highest BCUT2D eigenvalue weighted by molar-refractivity contribution is 6.34. The molecule has 1 aliphatic carbocycles. The molecule has 1 unspecified atom stereocenters. The second-order valence-electron chi connectivity index (χ2n) is 8.40. The fourth-order valence-electron chi connectivity index (χ4n) is 4.83. The van der Waals surface area contributed by atoms with E-state index in [2.05, 4.69) is 41.8 Å². The highest BCUT2D eigenvalue weighted by Crippen LogP contribution is 2.40. The zero-order valence-electron chi connectivity index (χ0n) is 17.9. The fourth-order valence-corrected chi connectivity index (χ4v) is 4.83. The van der Waals surface area contributed by atoms with Crippen LogP contribution in [0.2, 0.25) is 0 Å². The van der Waals surface area contributed by atoms with E-state index in [1.54, 1.807) is 0 Å². The molecule has 1 amide bonds. The van der Waals surface area contributed by atoms with Crippen molar-refractivity contribution in [2.24, 2.45) is 0 Å². The SMILES string of the molecule is CCCC(Nc1ccccc1)c1c(C=C2C(=O)Nc3ccccc32)oc2c1CCCC2. The number of hydrogen-bond donors (Lipinski definition) is 2. The zero-order chi connectivity index (χ0) is 21.2. The Labute approximate surface area is 183 Å². The van der Waals surface area contributed by atoms with Crippen LogP contribution in [0, 0.1) is 0 Å². The molecule has 0 radical (unpaired) electrons. The minimum Gasteiger partial charge on any atom is -0.461 e. The quantitative estimate of drug-likeness (QED) is 0.448. The van der Waals surface area contributed by atoms with Gasteiger partial charge in [-0.3, -0.25) is 4.79 Å². The van der Waals surface area contributed by atoms with Crippen molar-refractivity contribution >= 4 is 28.9 Å². The Morgan fingerprint density at radius 3 is 2.68 bits per heavy atom. The lowest BCUT2D eigenvalue weighted by Gasteiger charge is -2.22. The number of benzene rings is 2. The van der Waals surface area contributed by atoms with Crippen LogP contribution < -0.4 is 10.6 Å². The number of carbonyl (C=O) groups excluding carboxylic acids is 1. The molecule has 1 aliphatic heterocycles. The van der Waals surface area contributed by atoms with E-state index in [0.29, 0.717) is 5.57 Å². The van der Waals surface area contributed by atoms with Crippen LogP contribution in [0.4, 0.5) is 11.4 Å². The fraction of sp³-hybridized carbons (Fsp3) is 0.296. The van der Waals surface area contributed by atoms with E-state index in [-0.39, 0.29) is 11.9 Å². The molecule has 0 bridgehead atoms. The standard InChI is InChI=1S/C27H28N2O2/c1-2-10-23(28-18-11-4-3-5-12-18)26-20-14-7-9-16-24(20)31-25(26)17-21-19-13-6-8-15-22(19)29-27(21)30/h3-6,8,11-13,15,17,23,28H,2,7,9-10,14,16H2,1H3,(H,29,30). The van der Waals surface area contributed by atoms with Crippen molar-refractivity contribution in [2.75, 3.05) is 10.6 Å². The number of rotatable bonds is 6. The second-order valence-corrected chi connectivity index (χ2v) is 8.40. The first-order valence-electron chi connectivity index (χ1n) is 11.3. The van der Waals surface area contributed by atoms with E-state index < -0.39 is 0 Å². The maximum absolute atomic E-state index is 12.7. The molecule has 0 fully saturated rings. The molecule has 2 aromatic carbocycles. The number of para-hydroxylation sites is 2. The van der Waals surface area contributed by atoms with Crippen LogP contribution in [0.15, 0.2) is 59.0 Å². The Hall–Kier alpha value is -3.27. The number of aryl methyl sites for hydroxylation is 1. The van der Waals surface area contributed by atoms with Gasteiger partial charge in [-0.05, 0) is 55.5 Å². The topological polar surface area (TPSA) is 54.3 Å². The average Bonchev–Trinajstić information content (AvgIpc) is 3.31. The van der Waals surface area contributed by atoms with E-state index in [0.717, 1.165) is 60.6 Å². The second kappa shape index (κ2) is 8.46. The molecule has 1 aromatic heterocycles. The van der Waals surface area contributed by atoms with Crippen LogP contribution in [-0.4, -0.2) is 5.91 Å². The van der Waals surface area contributed by atoms with Gasteiger partial charge in [0.2, 0.25) is 0 Å². The van der Waals surface area contributed by atoms with Gasteiger partial charge in [-0.2, -0.15) is 0 Å². The van der Waals surface area contributed by atoms with E-state index >= 15 is 0 Å². The van der Waals surface area contributed by atoms with Crippen molar-refractivity contribution in [3.63, 3.8) is 0 Å². The summed E-state index contributed by atoms with van der Waals surface area (Å²) in [5, 5.41) is 6.72. The smallest absolute Gasteiger partial charge is 0.256 e. The molecular formula is C27H28N2O2. The number of fused-ring (bicyclic) bond motifs is 2. The minimum atomic E-state index is -0.0652. The third-order valence-corrected chi connectivity index (χ3v) is 6.27. The maximum Gasteiger partial charge on any atom is 0.256 e. The zero-order valence-corrected chi connectivity index (χ0v) is 17.9. The van der Waals surface area contributed by atoms with E-state index in [1.807, 2.05) is 36.4 Å². The van der Waals surface area contributed by atoms with Crippen LogP contribution in [0.3, 0.4) is 0 Å². The molecule has 1 atom stereocenters. The van der Waals surface area contributed by atoms with Gasteiger partial charge < -0.3 is 15.1 Å². The lowest BCUT2D eigenvalue weighted by Crippen LogP contribution is -2.14. The Bertz CT molecular complexity index is 1130. The van der Waals surface area contributed by atoms with Gasteiger partial charge >= 0.3 is 0 Å². The first-order chi connectivity index (χ1) is 15.2.